The standard InChI is InChI=1S/C13H20N4O2S.ClH/c14-12(18)10-8-11(20-9-10)13(19)16-2-1-5-17-6-3-15-4-7-17;/h8-9,15H,1-7H2,(H2,14,18)(H,16,19);1H. The van der Waals surface area contributed by atoms with Crippen LogP contribution in [0.25, 0.3) is 0 Å². The third-order valence-corrected chi connectivity index (χ3v) is 4.18. The molecule has 0 aromatic carbocycles. The van der Waals surface area contributed by atoms with Crippen molar-refractivity contribution in [3.05, 3.63) is 21.9 Å². The number of hydrogen-bond acceptors (Lipinski definition) is 5. The molecule has 1 aromatic heterocycles. The van der Waals surface area contributed by atoms with Gasteiger partial charge in [0.2, 0.25) is 5.91 Å². The Morgan fingerprint density at radius 1 is 1.38 bits per heavy atom. The third-order valence-electron chi connectivity index (χ3n) is 3.25. The number of piperazine rings is 1. The Labute approximate surface area is 134 Å². The first-order valence-electron chi connectivity index (χ1n) is 6.76. The van der Waals surface area contributed by atoms with Crippen LogP contribution < -0.4 is 16.4 Å². The molecule has 0 unspecified atom stereocenters. The lowest BCUT2D eigenvalue weighted by Crippen LogP contribution is -2.44. The van der Waals surface area contributed by atoms with E-state index in [9.17, 15) is 9.59 Å². The van der Waals surface area contributed by atoms with E-state index in [2.05, 4.69) is 15.5 Å². The van der Waals surface area contributed by atoms with Gasteiger partial charge in [0.15, 0.2) is 0 Å². The molecule has 21 heavy (non-hydrogen) atoms. The third kappa shape index (κ3) is 5.62. The Bertz CT molecular complexity index is 474. The first-order valence-corrected chi connectivity index (χ1v) is 7.64. The maximum atomic E-state index is 11.9. The molecule has 1 aliphatic rings. The number of carbonyl (C=O) groups is 2. The summed E-state index contributed by atoms with van der Waals surface area (Å²) in [6, 6.07) is 1.54. The lowest BCUT2D eigenvalue weighted by molar-refractivity contribution is 0.0955. The zero-order valence-corrected chi connectivity index (χ0v) is 13.4. The second-order valence-electron chi connectivity index (χ2n) is 4.76. The van der Waals surface area contributed by atoms with Crippen molar-refractivity contribution in [2.24, 2.45) is 5.73 Å². The average molecular weight is 333 g/mol. The van der Waals surface area contributed by atoms with Crippen LogP contribution in [0.4, 0.5) is 0 Å². The highest BCUT2D eigenvalue weighted by atomic mass is 35.5. The van der Waals surface area contributed by atoms with Gasteiger partial charge >= 0.3 is 0 Å². The maximum Gasteiger partial charge on any atom is 0.261 e. The number of nitrogens with one attached hydrogen (secondary N) is 2. The summed E-state index contributed by atoms with van der Waals surface area (Å²) in [5, 5.41) is 7.79. The SMILES string of the molecule is Cl.NC(=O)c1csc(C(=O)NCCCN2CCNCC2)c1. The lowest BCUT2D eigenvalue weighted by atomic mass is 10.3. The fraction of sp³-hybridized carbons (Fsp3) is 0.538. The highest BCUT2D eigenvalue weighted by molar-refractivity contribution is 7.12. The molecule has 1 fully saturated rings. The molecule has 1 saturated heterocycles. The number of nitrogens with two attached hydrogens (primary N) is 1. The lowest BCUT2D eigenvalue weighted by Gasteiger charge is -2.27. The Morgan fingerprint density at radius 2 is 2.10 bits per heavy atom. The summed E-state index contributed by atoms with van der Waals surface area (Å²) in [7, 11) is 0. The number of rotatable bonds is 6. The summed E-state index contributed by atoms with van der Waals surface area (Å²) < 4.78 is 0. The van der Waals surface area contributed by atoms with Gasteiger partial charge in [0.05, 0.1) is 10.4 Å². The Morgan fingerprint density at radius 3 is 2.71 bits per heavy atom. The quantitative estimate of drug-likeness (QED) is 0.654. The molecule has 118 valence electrons. The van der Waals surface area contributed by atoms with E-state index in [4.69, 9.17) is 5.73 Å². The number of hydrogen-bond donors (Lipinski definition) is 3. The van der Waals surface area contributed by atoms with Crippen LogP contribution in [0.5, 0.6) is 0 Å². The molecule has 2 rings (SSSR count). The highest BCUT2D eigenvalue weighted by Gasteiger charge is 2.12. The average Bonchev–Trinajstić information content (AvgIpc) is 2.94. The molecule has 0 aliphatic carbocycles. The largest absolute Gasteiger partial charge is 0.366 e. The van der Waals surface area contributed by atoms with Crippen molar-refractivity contribution in [2.75, 3.05) is 39.3 Å². The van der Waals surface area contributed by atoms with Crippen molar-refractivity contribution in [1.82, 2.24) is 15.5 Å². The number of nitrogens with zero attached hydrogens (tertiary/aromatic N) is 1. The molecule has 6 nitrogen and oxygen atoms in total. The van der Waals surface area contributed by atoms with E-state index in [1.807, 2.05) is 0 Å². The van der Waals surface area contributed by atoms with Crippen molar-refractivity contribution in [2.45, 2.75) is 6.42 Å². The molecule has 1 aliphatic heterocycles. The number of primary amides is 1. The number of amides is 2. The summed E-state index contributed by atoms with van der Waals surface area (Å²) in [6.07, 6.45) is 0.930. The van der Waals surface area contributed by atoms with E-state index in [1.165, 1.54) is 11.3 Å². The van der Waals surface area contributed by atoms with Crippen LogP contribution in [0, 0.1) is 0 Å². The Hall–Kier alpha value is -1.15. The fourth-order valence-corrected chi connectivity index (χ4v) is 2.92. The van der Waals surface area contributed by atoms with Crippen LogP contribution in [0.15, 0.2) is 11.4 Å². The summed E-state index contributed by atoms with van der Waals surface area (Å²) in [6.45, 7) is 5.86. The van der Waals surface area contributed by atoms with E-state index in [1.54, 1.807) is 11.4 Å². The second-order valence-corrected chi connectivity index (χ2v) is 5.68. The molecule has 2 heterocycles. The van der Waals surface area contributed by atoms with Crippen molar-refractivity contribution in [1.29, 1.82) is 0 Å². The van der Waals surface area contributed by atoms with E-state index < -0.39 is 5.91 Å². The molecular formula is C13H21ClN4O2S. The second kappa shape index (κ2) is 8.99. The van der Waals surface area contributed by atoms with Gasteiger partial charge in [-0.1, -0.05) is 0 Å². The molecule has 4 N–H and O–H groups in total. The minimum atomic E-state index is -0.501. The first-order chi connectivity index (χ1) is 9.66. The minimum absolute atomic E-state index is 0. The van der Waals surface area contributed by atoms with Crippen LogP contribution in [0.1, 0.15) is 26.5 Å². The van der Waals surface area contributed by atoms with Crippen LogP contribution in [0.2, 0.25) is 0 Å². The molecule has 0 spiro atoms. The van der Waals surface area contributed by atoms with Gasteiger partial charge in [-0.2, -0.15) is 0 Å². The zero-order valence-electron chi connectivity index (χ0n) is 11.8. The van der Waals surface area contributed by atoms with Crippen molar-refractivity contribution < 1.29 is 9.59 Å². The van der Waals surface area contributed by atoms with Crippen LogP contribution in [-0.2, 0) is 0 Å². The molecule has 2 amide bonds. The van der Waals surface area contributed by atoms with Gasteiger partial charge in [-0.15, -0.1) is 23.7 Å². The van der Waals surface area contributed by atoms with E-state index in [0.29, 0.717) is 17.0 Å². The smallest absolute Gasteiger partial charge is 0.261 e. The van der Waals surface area contributed by atoms with Gasteiger partial charge in [-0.25, -0.2) is 0 Å². The summed E-state index contributed by atoms with van der Waals surface area (Å²) in [4.78, 5) is 25.7. The fourth-order valence-electron chi connectivity index (χ4n) is 2.11. The number of thiophene rings is 1. The topological polar surface area (TPSA) is 87.5 Å². The Kier molecular flexibility index (Phi) is 7.66. The summed E-state index contributed by atoms with van der Waals surface area (Å²) in [5.41, 5.74) is 5.55. The van der Waals surface area contributed by atoms with Crippen molar-refractivity contribution >= 4 is 35.6 Å². The zero-order chi connectivity index (χ0) is 14.4. The predicted molar refractivity (Wildman–Crippen MR) is 86.3 cm³/mol. The van der Waals surface area contributed by atoms with Crippen LogP contribution in [0.3, 0.4) is 0 Å². The molecule has 0 bridgehead atoms. The summed E-state index contributed by atoms with van der Waals surface area (Å²) >= 11 is 1.24. The minimum Gasteiger partial charge on any atom is -0.366 e. The van der Waals surface area contributed by atoms with Gasteiger partial charge in [0.25, 0.3) is 5.91 Å². The van der Waals surface area contributed by atoms with E-state index in [0.717, 1.165) is 39.1 Å². The van der Waals surface area contributed by atoms with Gasteiger partial charge in [-0.3, -0.25) is 9.59 Å². The van der Waals surface area contributed by atoms with Crippen molar-refractivity contribution in [3.8, 4) is 0 Å². The molecule has 0 saturated carbocycles. The van der Waals surface area contributed by atoms with Gasteiger partial charge in [-0.05, 0) is 19.0 Å². The van der Waals surface area contributed by atoms with Crippen molar-refractivity contribution in [3.63, 3.8) is 0 Å². The maximum absolute atomic E-state index is 11.9. The van der Waals surface area contributed by atoms with Crippen LogP contribution in [-0.4, -0.2) is 56.0 Å². The van der Waals surface area contributed by atoms with E-state index in [-0.39, 0.29) is 18.3 Å². The van der Waals surface area contributed by atoms with E-state index >= 15 is 0 Å². The first kappa shape index (κ1) is 17.9. The van der Waals surface area contributed by atoms with Crippen LogP contribution >= 0.6 is 23.7 Å². The number of halogens is 1. The molecular weight excluding hydrogens is 312 g/mol. The molecule has 1 aromatic rings. The van der Waals surface area contributed by atoms with Gasteiger partial charge in [0, 0.05) is 38.1 Å². The predicted octanol–water partition coefficient (Wildman–Crippen LogP) is 0.294. The molecule has 8 heteroatoms. The van der Waals surface area contributed by atoms with Gasteiger partial charge in [0.1, 0.15) is 0 Å². The normalized spacial score (nSPS) is 15.2. The molecule has 0 atom stereocenters. The highest BCUT2D eigenvalue weighted by Crippen LogP contribution is 2.13. The Balaban J connectivity index is 0.00000220. The van der Waals surface area contributed by atoms with Gasteiger partial charge < -0.3 is 21.3 Å². The monoisotopic (exact) mass is 332 g/mol. The summed E-state index contributed by atoms with van der Waals surface area (Å²) in [5.74, 6) is -0.637. The molecule has 0 radical (unpaired) electrons. The number of carbonyl (C=O) groups excluding carboxylic acids is 2.